The summed E-state index contributed by atoms with van der Waals surface area (Å²) in [5.74, 6) is -0.0251. The molecule has 0 radical (unpaired) electrons. The molecular weight excluding hydrogens is 307 g/mol. The molecule has 0 bridgehead atoms. The lowest BCUT2D eigenvalue weighted by molar-refractivity contribution is 0.510. The molecule has 3 heterocycles. The monoisotopic (exact) mass is 322 g/mol. The number of allylic oxidation sites excluding steroid dienone is 1. The third kappa shape index (κ3) is 3.13. The molecule has 1 aliphatic heterocycles. The first-order chi connectivity index (χ1) is 11.5. The molecule has 120 valence electrons. The fourth-order valence-electron chi connectivity index (χ4n) is 2.40. The van der Waals surface area contributed by atoms with Crippen molar-refractivity contribution < 1.29 is 4.39 Å². The minimum absolute atomic E-state index is 0.292. The van der Waals surface area contributed by atoms with Crippen molar-refractivity contribution in [1.29, 1.82) is 5.26 Å². The second kappa shape index (κ2) is 6.16. The molecule has 1 aliphatic rings. The number of rotatable bonds is 4. The summed E-state index contributed by atoms with van der Waals surface area (Å²) in [5.41, 5.74) is 1.64. The van der Waals surface area contributed by atoms with E-state index in [1.807, 2.05) is 0 Å². The molecule has 24 heavy (non-hydrogen) atoms. The zero-order valence-electron chi connectivity index (χ0n) is 13.3. The molecule has 0 unspecified atom stereocenters. The molecule has 0 aromatic carbocycles. The van der Waals surface area contributed by atoms with Crippen LogP contribution in [-0.4, -0.2) is 20.7 Å². The van der Waals surface area contributed by atoms with Crippen LogP contribution in [0.2, 0.25) is 0 Å². The van der Waals surface area contributed by atoms with Gasteiger partial charge in [-0.25, -0.2) is 14.4 Å². The highest BCUT2D eigenvalue weighted by Gasteiger charge is 2.26. The van der Waals surface area contributed by atoms with Gasteiger partial charge in [0, 0.05) is 36.8 Å². The molecule has 0 spiro atoms. The van der Waals surface area contributed by atoms with Gasteiger partial charge in [-0.1, -0.05) is 0 Å². The topological polar surface area (TPSA) is 86.9 Å². The van der Waals surface area contributed by atoms with Gasteiger partial charge >= 0.3 is 0 Å². The number of aromatic nitrogens is 3. The van der Waals surface area contributed by atoms with Gasteiger partial charge in [-0.2, -0.15) is 5.26 Å². The van der Waals surface area contributed by atoms with Crippen molar-refractivity contribution in [2.45, 2.75) is 25.8 Å². The van der Waals surface area contributed by atoms with E-state index in [1.165, 1.54) is 6.07 Å². The third-order valence-corrected chi connectivity index (χ3v) is 3.64. The highest BCUT2D eigenvalue weighted by atomic mass is 19.1. The number of pyridine rings is 1. The Hall–Kier alpha value is -3.14. The molecule has 0 saturated carbocycles. The Morgan fingerprint density at radius 3 is 2.62 bits per heavy atom. The second-order valence-electron chi connectivity index (χ2n) is 5.90. The van der Waals surface area contributed by atoms with E-state index in [2.05, 4.69) is 31.3 Å². The number of aliphatic imine (C=N–C) groups is 1. The quantitative estimate of drug-likeness (QED) is 0.935. The Balaban J connectivity index is 1.75. The van der Waals surface area contributed by atoms with Crippen molar-refractivity contribution in [1.82, 2.24) is 15.0 Å². The van der Waals surface area contributed by atoms with Crippen molar-refractivity contribution >= 4 is 11.7 Å². The molecule has 1 N–H and O–H groups in total. The van der Waals surface area contributed by atoms with E-state index in [0.29, 0.717) is 23.6 Å². The second-order valence-corrected chi connectivity index (χ2v) is 5.90. The van der Waals surface area contributed by atoms with Gasteiger partial charge in [-0.05, 0) is 26.0 Å². The summed E-state index contributed by atoms with van der Waals surface area (Å²) >= 11 is 0. The van der Waals surface area contributed by atoms with Crippen LogP contribution in [0.5, 0.6) is 0 Å². The Labute approximate surface area is 138 Å². The van der Waals surface area contributed by atoms with E-state index in [9.17, 15) is 4.39 Å². The first kappa shape index (κ1) is 15.7. The van der Waals surface area contributed by atoms with Crippen LogP contribution in [0.3, 0.4) is 0 Å². The number of anilines is 1. The fourth-order valence-corrected chi connectivity index (χ4v) is 2.40. The predicted molar refractivity (Wildman–Crippen MR) is 87.7 cm³/mol. The molecule has 0 atom stereocenters. The van der Waals surface area contributed by atoms with E-state index in [4.69, 9.17) is 5.26 Å². The molecule has 2 aromatic rings. The lowest BCUT2D eigenvalue weighted by Gasteiger charge is -2.25. The van der Waals surface area contributed by atoms with Crippen LogP contribution in [-0.2, 0) is 5.54 Å². The van der Waals surface area contributed by atoms with Gasteiger partial charge in [0.2, 0.25) is 5.95 Å². The summed E-state index contributed by atoms with van der Waals surface area (Å²) in [6.07, 6.45) is 6.84. The fraction of sp³-hybridized carbons (Fsp3) is 0.235. The van der Waals surface area contributed by atoms with Gasteiger partial charge in [-0.15, -0.1) is 0 Å². The maximum Gasteiger partial charge on any atom is 0.223 e. The Morgan fingerprint density at radius 2 is 2.00 bits per heavy atom. The average molecular weight is 322 g/mol. The molecule has 0 fully saturated rings. The number of nitrogens with zero attached hydrogens (tertiary/aromatic N) is 5. The van der Waals surface area contributed by atoms with E-state index >= 15 is 0 Å². The van der Waals surface area contributed by atoms with Crippen LogP contribution in [0.15, 0.2) is 47.5 Å². The molecule has 0 aliphatic carbocycles. The van der Waals surface area contributed by atoms with Gasteiger partial charge in [-0.3, -0.25) is 9.98 Å². The van der Waals surface area contributed by atoms with Gasteiger partial charge in [0.1, 0.15) is 11.5 Å². The van der Waals surface area contributed by atoms with Crippen molar-refractivity contribution in [3.63, 3.8) is 0 Å². The normalized spacial score (nSPS) is 13.9. The molecule has 7 heteroatoms. The molecule has 6 nitrogen and oxygen atoms in total. The Bertz CT molecular complexity index is 861. The van der Waals surface area contributed by atoms with E-state index in [0.717, 1.165) is 11.3 Å². The van der Waals surface area contributed by atoms with Crippen LogP contribution in [0, 0.1) is 17.1 Å². The summed E-state index contributed by atoms with van der Waals surface area (Å²) in [4.78, 5) is 16.8. The smallest absolute Gasteiger partial charge is 0.223 e. The van der Waals surface area contributed by atoms with E-state index in [1.54, 1.807) is 44.7 Å². The number of hydrogen-bond donors (Lipinski definition) is 1. The lowest BCUT2D eigenvalue weighted by atomic mass is 9.99. The van der Waals surface area contributed by atoms with Crippen molar-refractivity contribution in [2.24, 2.45) is 4.99 Å². The lowest BCUT2D eigenvalue weighted by Crippen LogP contribution is -2.31. The highest BCUT2D eigenvalue weighted by Crippen LogP contribution is 2.24. The molecule has 3 rings (SSSR count). The van der Waals surface area contributed by atoms with Gasteiger partial charge in [0.15, 0.2) is 0 Å². The molecule has 0 amide bonds. The number of halogens is 1. The first-order valence-corrected chi connectivity index (χ1v) is 7.37. The summed E-state index contributed by atoms with van der Waals surface area (Å²) in [6.45, 7) is 3.61. The van der Waals surface area contributed by atoms with E-state index < -0.39 is 5.54 Å². The van der Waals surface area contributed by atoms with Crippen LogP contribution in [0.4, 0.5) is 10.3 Å². The van der Waals surface area contributed by atoms with Crippen LogP contribution < -0.4 is 5.32 Å². The van der Waals surface area contributed by atoms with Crippen LogP contribution >= 0.6 is 0 Å². The summed E-state index contributed by atoms with van der Waals surface area (Å²) in [7, 11) is 0. The zero-order chi connectivity index (χ0) is 17.2. The Kier molecular flexibility index (Phi) is 4.04. The van der Waals surface area contributed by atoms with Crippen molar-refractivity contribution in [3.8, 4) is 6.07 Å². The first-order valence-electron chi connectivity index (χ1n) is 7.37. The third-order valence-electron chi connectivity index (χ3n) is 3.64. The Morgan fingerprint density at radius 1 is 1.25 bits per heavy atom. The average Bonchev–Trinajstić information content (AvgIpc) is 3.04. The van der Waals surface area contributed by atoms with E-state index in [-0.39, 0.29) is 5.82 Å². The zero-order valence-corrected chi connectivity index (χ0v) is 13.3. The standard InChI is InChI=1S/C17H15FN6/c1-17(2,15-13(18)4-3-5-20-15)24-16-22-9-12(10-23-16)14-6-11(7-19)8-21-14/h3-5,8-10H,6H2,1-2H3,(H,22,23,24). The summed E-state index contributed by atoms with van der Waals surface area (Å²) in [5, 5.41) is 11.9. The van der Waals surface area contributed by atoms with Crippen LogP contribution in [0.1, 0.15) is 31.5 Å². The minimum atomic E-state index is -0.771. The number of nitrogens with one attached hydrogen (secondary N) is 1. The van der Waals surface area contributed by atoms with Gasteiger partial charge in [0.05, 0.1) is 22.9 Å². The predicted octanol–water partition coefficient (Wildman–Crippen LogP) is 2.96. The summed E-state index contributed by atoms with van der Waals surface area (Å²) in [6, 6.07) is 5.00. The SMILES string of the molecule is CC(C)(Nc1ncc(C2=NC=C(C#N)C2)cn1)c1ncccc1F. The molecule has 0 saturated heterocycles. The largest absolute Gasteiger partial charge is 0.344 e. The van der Waals surface area contributed by atoms with Crippen molar-refractivity contribution in [2.75, 3.05) is 5.32 Å². The molecular formula is C17H15FN6. The molecule has 2 aromatic heterocycles. The highest BCUT2D eigenvalue weighted by molar-refractivity contribution is 6.03. The minimum Gasteiger partial charge on any atom is -0.344 e. The van der Waals surface area contributed by atoms with Crippen molar-refractivity contribution in [3.05, 3.63) is 59.6 Å². The maximum atomic E-state index is 13.9. The number of hydrogen-bond acceptors (Lipinski definition) is 6. The maximum absolute atomic E-state index is 13.9. The van der Waals surface area contributed by atoms with Gasteiger partial charge in [0.25, 0.3) is 0 Å². The summed E-state index contributed by atoms with van der Waals surface area (Å²) < 4.78 is 13.9. The van der Waals surface area contributed by atoms with Crippen LogP contribution in [0.25, 0.3) is 0 Å². The number of nitriles is 1. The van der Waals surface area contributed by atoms with Gasteiger partial charge < -0.3 is 5.32 Å².